The van der Waals surface area contributed by atoms with Crippen molar-refractivity contribution < 1.29 is 32.3 Å². The fraction of sp³-hybridized carbons (Fsp3) is 0.276. The fourth-order valence-corrected chi connectivity index (χ4v) is 4.48. The van der Waals surface area contributed by atoms with Gasteiger partial charge < -0.3 is 14.5 Å². The minimum atomic E-state index is -4.58. The van der Waals surface area contributed by atoms with Gasteiger partial charge in [0.2, 0.25) is 0 Å². The van der Waals surface area contributed by atoms with Crippen LogP contribution in [0.3, 0.4) is 0 Å². The van der Waals surface area contributed by atoms with E-state index in [1.165, 1.54) is 28.0 Å². The van der Waals surface area contributed by atoms with E-state index >= 15 is 0 Å². The third kappa shape index (κ3) is 6.03. The van der Waals surface area contributed by atoms with Crippen LogP contribution in [0.15, 0.2) is 67.3 Å². The first-order valence-electron chi connectivity index (χ1n) is 12.5. The largest absolute Gasteiger partial charge is 0.458 e. The Balaban J connectivity index is 1.61. The molecule has 0 spiro atoms. The number of rotatable bonds is 6. The van der Waals surface area contributed by atoms with Gasteiger partial charge in [0.15, 0.2) is 5.82 Å². The number of aryl methyl sites for hydroxylation is 1. The van der Waals surface area contributed by atoms with E-state index in [2.05, 4.69) is 16.5 Å². The van der Waals surface area contributed by atoms with Crippen LogP contribution in [-0.2, 0) is 10.9 Å². The van der Waals surface area contributed by atoms with Crippen molar-refractivity contribution in [3.8, 4) is 11.4 Å². The quantitative estimate of drug-likeness (QED) is 0.322. The molecule has 1 atom stereocenters. The summed E-state index contributed by atoms with van der Waals surface area (Å²) in [6, 6.07) is 12.7. The van der Waals surface area contributed by atoms with E-state index < -0.39 is 35.6 Å². The zero-order valence-electron chi connectivity index (χ0n) is 21.9. The van der Waals surface area contributed by atoms with Crippen LogP contribution < -0.4 is 0 Å². The highest BCUT2D eigenvalue weighted by Crippen LogP contribution is 2.30. The van der Waals surface area contributed by atoms with Crippen LogP contribution in [0, 0.1) is 6.92 Å². The van der Waals surface area contributed by atoms with Crippen LogP contribution in [0.4, 0.5) is 13.2 Å². The molecule has 208 valence electrons. The molecule has 2 amide bonds. The van der Waals surface area contributed by atoms with E-state index in [9.17, 15) is 27.6 Å². The van der Waals surface area contributed by atoms with Crippen molar-refractivity contribution in [1.29, 1.82) is 0 Å². The number of carbonyl (C=O) groups is 3. The van der Waals surface area contributed by atoms with Crippen LogP contribution in [0.1, 0.15) is 49.4 Å². The lowest BCUT2D eigenvalue weighted by Crippen LogP contribution is -2.55. The summed E-state index contributed by atoms with van der Waals surface area (Å²) < 4.78 is 44.7. The highest BCUT2D eigenvalue weighted by molar-refractivity contribution is 6.05. The van der Waals surface area contributed by atoms with Gasteiger partial charge in [-0.15, -0.1) is 0 Å². The molecule has 8 nitrogen and oxygen atoms in total. The van der Waals surface area contributed by atoms with Crippen LogP contribution in [0.5, 0.6) is 0 Å². The SMILES string of the molecule is C=CCOC(=O)c1c(C)nc(-c2ccccc2)nc1C(=O)N1CCN(C(=O)c2cccc(C(F)(F)F)c2)C(C)C1. The molecule has 1 aromatic heterocycles. The standard InChI is InChI=1S/C29H27F3N4O4/c1-4-15-40-28(39)23-19(3)33-25(20-9-6-5-7-10-20)34-24(23)27(38)35-13-14-36(18(2)17-35)26(37)21-11-8-12-22(16-21)29(30,31)32/h4-12,16,18H,1,13-15,17H2,2-3H3. The number of hydrogen-bond acceptors (Lipinski definition) is 6. The lowest BCUT2D eigenvalue weighted by atomic mass is 10.1. The second kappa shape index (κ2) is 11.7. The molecule has 4 rings (SSSR count). The number of carbonyl (C=O) groups excluding carboxylic acids is 3. The number of alkyl halides is 3. The lowest BCUT2D eigenvalue weighted by Gasteiger charge is -2.40. The number of ether oxygens (including phenoxy) is 1. The summed E-state index contributed by atoms with van der Waals surface area (Å²) in [4.78, 5) is 51.5. The lowest BCUT2D eigenvalue weighted by molar-refractivity contribution is -0.137. The Morgan fingerprint density at radius 3 is 2.42 bits per heavy atom. The second-order valence-corrected chi connectivity index (χ2v) is 9.29. The number of piperazine rings is 1. The number of esters is 1. The summed E-state index contributed by atoms with van der Waals surface area (Å²) >= 11 is 0. The van der Waals surface area contributed by atoms with Crippen LogP contribution in [0.25, 0.3) is 11.4 Å². The second-order valence-electron chi connectivity index (χ2n) is 9.29. The molecular formula is C29H27F3N4O4. The van der Waals surface area contributed by atoms with Gasteiger partial charge in [-0.25, -0.2) is 14.8 Å². The molecule has 1 fully saturated rings. The molecular weight excluding hydrogens is 525 g/mol. The average Bonchev–Trinajstić information content (AvgIpc) is 2.94. The molecule has 2 heterocycles. The maximum absolute atomic E-state index is 13.8. The van der Waals surface area contributed by atoms with Gasteiger partial charge in [-0.05, 0) is 32.0 Å². The van der Waals surface area contributed by atoms with Gasteiger partial charge >= 0.3 is 12.1 Å². The molecule has 11 heteroatoms. The summed E-state index contributed by atoms with van der Waals surface area (Å²) in [7, 11) is 0. The smallest absolute Gasteiger partial charge is 0.416 e. The normalized spacial score (nSPS) is 15.5. The Morgan fingerprint density at radius 1 is 1.05 bits per heavy atom. The molecule has 0 bridgehead atoms. The minimum absolute atomic E-state index is 0.0679. The first-order valence-corrected chi connectivity index (χ1v) is 12.5. The first kappa shape index (κ1) is 28.5. The minimum Gasteiger partial charge on any atom is -0.458 e. The van der Waals surface area contributed by atoms with E-state index in [-0.39, 0.29) is 54.6 Å². The summed E-state index contributed by atoms with van der Waals surface area (Å²) in [5.41, 5.74) is -0.295. The maximum atomic E-state index is 13.8. The van der Waals surface area contributed by atoms with Crippen LogP contribution >= 0.6 is 0 Å². The van der Waals surface area contributed by atoms with Gasteiger partial charge in [-0.3, -0.25) is 9.59 Å². The number of hydrogen-bond donors (Lipinski definition) is 0. The summed E-state index contributed by atoms with van der Waals surface area (Å²) in [6.07, 6.45) is -3.18. The molecule has 1 saturated heterocycles. The topological polar surface area (TPSA) is 92.7 Å². The monoisotopic (exact) mass is 552 g/mol. The predicted octanol–water partition coefficient (Wildman–Crippen LogP) is 4.80. The average molecular weight is 553 g/mol. The molecule has 0 radical (unpaired) electrons. The van der Waals surface area contributed by atoms with E-state index in [1.54, 1.807) is 38.1 Å². The van der Waals surface area contributed by atoms with Gasteiger partial charge in [0.05, 0.1) is 11.3 Å². The van der Waals surface area contributed by atoms with Gasteiger partial charge in [-0.2, -0.15) is 13.2 Å². The van der Waals surface area contributed by atoms with Crippen molar-refractivity contribution in [2.45, 2.75) is 26.1 Å². The Morgan fingerprint density at radius 2 is 1.77 bits per heavy atom. The highest BCUT2D eigenvalue weighted by atomic mass is 19.4. The molecule has 0 saturated carbocycles. The molecule has 1 aliphatic heterocycles. The maximum Gasteiger partial charge on any atom is 0.416 e. The zero-order chi connectivity index (χ0) is 29.0. The number of aromatic nitrogens is 2. The molecule has 0 N–H and O–H groups in total. The Hall–Kier alpha value is -4.54. The third-order valence-corrected chi connectivity index (χ3v) is 6.47. The summed E-state index contributed by atoms with van der Waals surface area (Å²) in [5.74, 6) is -1.63. The molecule has 1 aliphatic rings. The number of halogens is 3. The molecule has 3 aromatic rings. The Labute approximate surface area is 229 Å². The van der Waals surface area contributed by atoms with Crippen molar-refractivity contribution in [3.63, 3.8) is 0 Å². The van der Waals surface area contributed by atoms with E-state index in [4.69, 9.17) is 4.74 Å². The van der Waals surface area contributed by atoms with Gasteiger partial charge in [0, 0.05) is 36.8 Å². The van der Waals surface area contributed by atoms with Crippen molar-refractivity contribution in [2.24, 2.45) is 0 Å². The molecule has 1 unspecified atom stereocenters. The van der Waals surface area contributed by atoms with Crippen molar-refractivity contribution in [1.82, 2.24) is 19.8 Å². The molecule has 0 aliphatic carbocycles. The molecule has 40 heavy (non-hydrogen) atoms. The van der Waals surface area contributed by atoms with Crippen molar-refractivity contribution >= 4 is 17.8 Å². The van der Waals surface area contributed by atoms with E-state index in [0.717, 1.165) is 12.1 Å². The van der Waals surface area contributed by atoms with E-state index in [0.29, 0.717) is 5.56 Å². The summed E-state index contributed by atoms with van der Waals surface area (Å²) in [5, 5.41) is 0. The highest BCUT2D eigenvalue weighted by Gasteiger charge is 2.35. The summed E-state index contributed by atoms with van der Waals surface area (Å²) in [6.45, 7) is 6.98. The van der Waals surface area contributed by atoms with Crippen LogP contribution in [-0.4, -0.2) is 69.8 Å². The Kier molecular flexibility index (Phi) is 8.32. The van der Waals surface area contributed by atoms with Crippen molar-refractivity contribution in [2.75, 3.05) is 26.2 Å². The van der Waals surface area contributed by atoms with E-state index in [1.807, 2.05) is 6.07 Å². The third-order valence-electron chi connectivity index (χ3n) is 6.47. The van der Waals surface area contributed by atoms with Crippen molar-refractivity contribution in [3.05, 3.63) is 95.3 Å². The van der Waals surface area contributed by atoms with Gasteiger partial charge in [0.25, 0.3) is 11.8 Å². The van der Waals surface area contributed by atoms with Crippen LogP contribution in [0.2, 0.25) is 0 Å². The number of benzene rings is 2. The first-order chi connectivity index (χ1) is 19.0. The molecule has 2 aromatic carbocycles. The Bertz CT molecular complexity index is 1440. The van der Waals surface area contributed by atoms with Gasteiger partial charge in [-0.1, -0.05) is 49.1 Å². The predicted molar refractivity (Wildman–Crippen MR) is 141 cm³/mol. The van der Waals surface area contributed by atoms with Gasteiger partial charge in [0.1, 0.15) is 17.9 Å². The zero-order valence-corrected chi connectivity index (χ0v) is 21.9. The fourth-order valence-electron chi connectivity index (χ4n) is 4.48. The number of nitrogens with zero attached hydrogens (tertiary/aromatic N) is 4. The number of amides is 2.